The van der Waals surface area contributed by atoms with Gasteiger partial charge in [-0.1, -0.05) is 0 Å². The molecule has 0 bridgehead atoms. The Kier molecular flexibility index (Phi) is 4.15. The van der Waals surface area contributed by atoms with E-state index >= 15 is 0 Å². The van der Waals surface area contributed by atoms with E-state index in [9.17, 15) is 5.11 Å². The van der Waals surface area contributed by atoms with Crippen molar-refractivity contribution in [3.63, 3.8) is 0 Å². The Morgan fingerprint density at radius 3 is 3.11 bits per heavy atom. The number of anilines is 2. The van der Waals surface area contributed by atoms with Crippen LogP contribution in [0.2, 0.25) is 0 Å². The lowest BCUT2D eigenvalue weighted by Gasteiger charge is -2.22. The Morgan fingerprint density at radius 1 is 1.63 bits per heavy atom. The maximum atomic E-state index is 9.77. The maximum Gasteiger partial charge on any atom is 0.180 e. The van der Waals surface area contributed by atoms with Gasteiger partial charge in [-0.2, -0.15) is 0 Å². The number of rotatable bonds is 6. The van der Waals surface area contributed by atoms with Gasteiger partial charge in [0.15, 0.2) is 17.3 Å². The molecule has 2 heterocycles. The molecule has 2 aromatic rings. The van der Waals surface area contributed by atoms with Crippen molar-refractivity contribution in [3.05, 3.63) is 18.6 Å². The molecule has 0 aliphatic carbocycles. The molecule has 1 unspecified atom stereocenters. The predicted octanol–water partition coefficient (Wildman–Crippen LogP) is -0.542. The summed E-state index contributed by atoms with van der Waals surface area (Å²) in [5.41, 5.74) is 3.21. The van der Waals surface area contributed by atoms with Crippen molar-refractivity contribution >= 4 is 17.3 Å². The average Bonchev–Trinajstić information content (AvgIpc) is 2.85. The standard InChI is InChI=1S/C11H18N6O2/c1-16(5-8(18)7-19-2)11-10-13-3-4-17(10)6-9(14-11)15-12/h3-4,6,8,15,18H,5,7,12H2,1-2H3. The van der Waals surface area contributed by atoms with E-state index in [1.807, 2.05) is 16.3 Å². The van der Waals surface area contributed by atoms with Gasteiger partial charge in [-0.15, -0.1) is 0 Å². The number of nitrogens with two attached hydrogens (primary N) is 1. The molecule has 0 spiro atoms. The maximum absolute atomic E-state index is 9.77. The number of nitrogen functional groups attached to an aromatic ring is 1. The lowest BCUT2D eigenvalue weighted by atomic mass is 10.3. The summed E-state index contributed by atoms with van der Waals surface area (Å²) in [4.78, 5) is 10.4. The van der Waals surface area contributed by atoms with Gasteiger partial charge in [0.05, 0.1) is 18.9 Å². The van der Waals surface area contributed by atoms with Gasteiger partial charge in [0.25, 0.3) is 0 Å². The molecule has 1 atom stereocenters. The number of fused-ring (bicyclic) bond motifs is 1. The van der Waals surface area contributed by atoms with Crippen LogP contribution in [0.3, 0.4) is 0 Å². The Morgan fingerprint density at radius 2 is 2.42 bits per heavy atom. The minimum absolute atomic E-state index is 0.268. The van der Waals surface area contributed by atoms with Crippen LogP contribution < -0.4 is 16.2 Å². The largest absolute Gasteiger partial charge is 0.389 e. The van der Waals surface area contributed by atoms with E-state index in [1.165, 1.54) is 0 Å². The number of hydrogen-bond acceptors (Lipinski definition) is 7. The van der Waals surface area contributed by atoms with Gasteiger partial charge in [-0.25, -0.2) is 15.8 Å². The summed E-state index contributed by atoms with van der Waals surface area (Å²) in [6.45, 7) is 0.654. The number of aliphatic hydroxyl groups is 1. The zero-order valence-corrected chi connectivity index (χ0v) is 10.9. The first-order valence-corrected chi connectivity index (χ1v) is 5.84. The number of hydrazine groups is 1. The number of hydrogen-bond donors (Lipinski definition) is 3. The molecule has 2 rings (SSSR count). The molecule has 0 saturated carbocycles. The van der Waals surface area contributed by atoms with Crippen molar-refractivity contribution in [1.82, 2.24) is 14.4 Å². The van der Waals surface area contributed by atoms with Crippen molar-refractivity contribution in [3.8, 4) is 0 Å². The predicted molar refractivity (Wildman–Crippen MR) is 71.9 cm³/mol. The van der Waals surface area contributed by atoms with Crippen molar-refractivity contribution in [1.29, 1.82) is 0 Å². The van der Waals surface area contributed by atoms with Crippen LogP contribution in [0.1, 0.15) is 0 Å². The van der Waals surface area contributed by atoms with E-state index in [4.69, 9.17) is 10.6 Å². The molecule has 0 aromatic carbocycles. The summed E-state index contributed by atoms with van der Waals surface area (Å²) in [7, 11) is 3.38. The molecule has 2 aromatic heterocycles. The quantitative estimate of drug-likeness (QED) is 0.476. The van der Waals surface area contributed by atoms with E-state index in [2.05, 4.69) is 15.4 Å². The third kappa shape index (κ3) is 2.92. The summed E-state index contributed by atoms with van der Waals surface area (Å²) in [6.07, 6.45) is 4.63. The fourth-order valence-corrected chi connectivity index (χ4v) is 1.89. The third-order valence-electron chi connectivity index (χ3n) is 2.71. The minimum atomic E-state index is -0.596. The molecule has 4 N–H and O–H groups in total. The van der Waals surface area contributed by atoms with Crippen molar-refractivity contribution in [2.24, 2.45) is 5.84 Å². The first-order valence-electron chi connectivity index (χ1n) is 5.84. The van der Waals surface area contributed by atoms with Gasteiger partial charge in [0, 0.05) is 33.1 Å². The van der Waals surface area contributed by atoms with Crippen molar-refractivity contribution < 1.29 is 9.84 Å². The van der Waals surface area contributed by atoms with Crippen LogP contribution in [0.5, 0.6) is 0 Å². The summed E-state index contributed by atoms with van der Waals surface area (Å²) in [5.74, 6) is 6.55. The monoisotopic (exact) mass is 266 g/mol. The number of imidazole rings is 1. The minimum Gasteiger partial charge on any atom is -0.389 e. The lowest BCUT2D eigenvalue weighted by Crippen LogP contribution is -2.33. The van der Waals surface area contributed by atoms with Gasteiger partial charge in [-0.05, 0) is 0 Å². The fourth-order valence-electron chi connectivity index (χ4n) is 1.89. The number of aliphatic hydroxyl groups excluding tert-OH is 1. The lowest BCUT2D eigenvalue weighted by molar-refractivity contribution is 0.0694. The SMILES string of the molecule is COCC(O)CN(C)c1nc(NN)cn2ccnc12. The Labute approximate surface area is 110 Å². The highest BCUT2D eigenvalue weighted by molar-refractivity contribution is 5.66. The summed E-state index contributed by atoms with van der Waals surface area (Å²) >= 11 is 0. The molecule has 19 heavy (non-hydrogen) atoms. The molecule has 0 aliphatic rings. The number of methoxy groups -OCH3 is 1. The number of nitrogens with zero attached hydrogens (tertiary/aromatic N) is 4. The molecular formula is C11H18N6O2. The molecular weight excluding hydrogens is 248 g/mol. The fraction of sp³-hybridized carbons (Fsp3) is 0.455. The number of ether oxygens (including phenoxy) is 1. The summed E-state index contributed by atoms with van der Waals surface area (Å²) in [5, 5.41) is 9.77. The smallest absolute Gasteiger partial charge is 0.180 e. The molecule has 104 valence electrons. The number of aromatic nitrogens is 3. The van der Waals surface area contributed by atoms with Gasteiger partial charge < -0.3 is 24.6 Å². The summed E-state index contributed by atoms with van der Waals surface area (Å²) in [6, 6.07) is 0. The van der Waals surface area contributed by atoms with E-state index < -0.39 is 6.10 Å². The highest BCUT2D eigenvalue weighted by Crippen LogP contribution is 2.19. The Bertz CT molecular complexity index is 543. The number of likely N-dealkylation sites (N-methyl/N-ethyl adjacent to an activating group) is 1. The molecule has 0 amide bonds. The molecule has 8 heteroatoms. The first-order chi connectivity index (χ1) is 9.15. The zero-order valence-electron chi connectivity index (χ0n) is 10.9. The van der Waals surface area contributed by atoms with Gasteiger partial charge in [-0.3, -0.25) is 0 Å². The highest BCUT2D eigenvalue weighted by Gasteiger charge is 2.15. The van der Waals surface area contributed by atoms with Crippen LogP contribution >= 0.6 is 0 Å². The van der Waals surface area contributed by atoms with E-state index in [-0.39, 0.29) is 6.61 Å². The van der Waals surface area contributed by atoms with Crippen LogP contribution in [0.25, 0.3) is 5.65 Å². The summed E-state index contributed by atoms with van der Waals surface area (Å²) < 4.78 is 6.72. The van der Waals surface area contributed by atoms with Crippen LogP contribution in [0.4, 0.5) is 11.6 Å². The Balaban J connectivity index is 2.29. The second-order valence-corrected chi connectivity index (χ2v) is 4.24. The molecule has 0 aliphatic heterocycles. The molecule has 0 fully saturated rings. The van der Waals surface area contributed by atoms with Gasteiger partial charge in [0.2, 0.25) is 0 Å². The van der Waals surface area contributed by atoms with Gasteiger partial charge in [0.1, 0.15) is 0 Å². The second kappa shape index (κ2) is 5.83. The highest BCUT2D eigenvalue weighted by atomic mass is 16.5. The number of nitrogens with one attached hydrogen (secondary N) is 1. The van der Waals surface area contributed by atoms with Crippen molar-refractivity contribution in [2.45, 2.75) is 6.10 Å². The average molecular weight is 266 g/mol. The second-order valence-electron chi connectivity index (χ2n) is 4.24. The van der Waals surface area contributed by atoms with E-state index in [1.54, 1.807) is 25.7 Å². The molecule has 0 radical (unpaired) electrons. The molecule has 8 nitrogen and oxygen atoms in total. The van der Waals surface area contributed by atoms with E-state index in [0.29, 0.717) is 23.8 Å². The van der Waals surface area contributed by atoms with E-state index in [0.717, 1.165) is 0 Å². The molecule has 0 saturated heterocycles. The zero-order chi connectivity index (χ0) is 13.8. The van der Waals surface area contributed by atoms with Crippen LogP contribution in [-0.2, 0) is 4.74 Å². The third-order valence-corrected chi connectivity index (χ3v) is 2.71. The Hall–Kier alpha value is -1.90. The van der Waals surface area contributed by atoms with Crippen LogP contribution in [0, 0.1) is 0 Å². The normalized spacial score (nSPS) is 12.6. The van der Waals surface area contributed by atoms with Crippen molar-refractivity contribution in [2.75, 3.05) is 37.6 Å². The van der Waals surface area contributed by atoms with Gasteiger partial charge >= 0.3 is 0 Å². The first kappa shape index (κ1) is 13.5. The van der Waals surface area contributed by atoms with Crippen LogP contribution in [0.15, 0.2) is 18.6 Å². The van der Waals surface area contributed by atoms with Crippen LogP contribution in [-0.4, -0.2) is 52.9 Å². The topological polar surface area (TPSA) is 101 Å².